The van der Waals surface area contributed by atoms with Crippen LogP contribution in [0.2, 0.25) is 0 Å². The normalized spacial score (nSPS) is 14.2. The van der Waals surface area contributed by atoms with Gasteiger partial charge in [0.05, 0.1) is 17.4 Å². The number of carbonyl (C=O) groups is 1. The summed E-state index contributed by atoms with van der Waals surface area (Å²) in [7, 11) is 0. The maximum Gasteiger partial charge on any atom is 0.356 e. The van der Waals surface area contributed by atoms with Gasteiger partial charge >= 0.3 is 5.97 Å². The first kappa shape index (κ1) is 12.8. The Hall–Kier alpha value is -2.89. The van der Waals surface area contributed by atoms with Gasteiger partial charge in [0.25, 0.3) is 0 Å². The summed E-state index contributed by atoms with van der Waals surface area (Å²) in [6, 6.07) is 8.39. The average Bonchev–Trinajstić information content (AvgIpc) is 3.06. The monoisotopic (exact) mass is 294 g/mol. The molecule has 0 amide bonds. The molecule has 1 aliphatic carbocycles. The highest BCUT2D eigenvalue weighted by molar-refractivity contribution is 5.85. The summed E-state index contributed by atoms with van der Waals surface area (Å²) in [6.07, 6.45) is 7.45. The molecular weight excluding hydrogens is 280 g/mol. The lowest BCUT2D eigenvalue weighted by atomic mass is 10.1. The fourth-order valence-electron chi connectivity index (χ4n) is 2.48. The number of carboxylic acid groups (broad SMARTS) is 1. The molecule has 2 heterocycles. The molecule has 110 valence electrons. The third-order valence-electron chi connectivity index (χ3n) is 3.86. The SMILES string of the molecule is O=C(O)c1c[nH]c(-c2cnn(-c3ccc(C4CC4)cc3)c2)n1. The first-order valence-corrected chi connectivity index (χ1v) is 7.15. The molecule has 1 saturated carbocycles. The predicted molar refractivity (Wildman–Crippen MR) is 80.1 cm³/mol. The van der Waals surface area contributed by atoms with Crippen LogP contribution in [0, 0.1) is 0 Å². The summed E-state index contributed by atoms with van der Waals surface area (Å²) in [5, 5.41) is 13.2. The van der Waals surface area contributed by atoms with Crippen LogP contribution in [0.5, 0.6) is 0 Å². The molecule has 0 unspecified atom stereocenters. The number of aromatic carboxylic acids is 1. The van der Waals surface area contributed by atoms with Crippen molar-refractivity contribution in [2.75, 3.05) is 0 Å². The summed E-state index contributed by atoms with van der Waals surface area (Å²) in [5.41, 5.74) is 3.10. The van der Waals surface area contributed by atoms with Gasteiger partial charge in [-0.15, -0.1) is 0 Å². The van der Waals surface area contributed by atoms with Gasteiger partial charge in [-0.2, -0.15) is 5.10 Å². The van der Waals surface area contributed by atoms with Gasteiger partial charge in [-0.3, -0.25) is 0 Å². The van der Waals surface area contributed by atoms with Gasteiger partial charge in [0.1, 0.15) is 5.82 Å². The molecule has 6 heteroatoms. The van der Waals surface area contributed by atoms with Crippen LogP contribution >= 0.6 is 0 Å². The van der Waals surface area contributed by atoms with E-state index >= 15 is 0 Å². The van der Waals surface area contributed by atoms with E-state index < -0.39 is 5.97 Å². The molecule has 1 fully saturated rings. The first-order valence-electron chi connectivity index (χ1n) is 7.15. The number of nitrogens with one attached hydrogen (secondary N) is 1. The lowest BCUT2D eigenvalue weighted by Crippen LogP contribution is -1.95. The standard InChI is InChI=1S/C16H14N4O2/c21-16(22)14-8-17-15(19-14)12-7-18-20(9-12)13-5-3-11(4-6-13)10-1-2-10/h3-10H,1-2H2,(H,17,19)(H,21,22). The van der Waals surface area contributed by atoms with Crippen molar-refractivity contribution in [3.05, 3.63) is 54.1 Å². The third kappa shape index (κ3) is 2.28. The zero-order chi connectivity index (χ0) is 15.1. The molecular formula is C16H14N4O2. The van der Waals surface area contributed by atoms with Crippen molar-refractivity contribution in [2.45, 2.75) is 18.8 Å². The van der Waals surface area contributed by atoms with Crippen LogP contribution in [0.15, 0.2) is 42.9 Å². The van der Waals surface area contributed by atoms with Crippen molar-refractivity contribution in [2.24, 2.45) is 0 Å². The molecule has 22 heavy (non-hydrogen) atoms. The molecule has 2 aromatic heterocycles. The molecule has 0 bridgehead atoms. The number of rotatable bonds is 4. The van der Waals surface area contributed by atoms with Gasteiger partial charge < -0.3 is 10.1 Å². The average molecular weight is 294 g/mol. The van der Waals surface area contributed by atoms with E-state index in [2.05, 4.69) is 39.3 Å². The fourth-order valence-corrected chi connectivity index (χ4v) is 2.48. The highest BCUT2D eigenvalue weighted by Crippen LogP contribution is 2.40. The minimum Gasteiger partial charge on any atom is -0.476 e. The van der Waals surface area contributed by atoms with Crippen molar-refractivity contribution >= 4 is 5.97 Å². The predicted octanol–water partition coefficient (Wildman–Crippen LogP) is 2.84. The van der Waals surface area contributed by atoms with Crippen LogP contribution in [0.3, 0.4) is 0 Å². The molecule has 0 spiro atoms. The second kappa shape index (κ2) is 4.84. The molecule has 6 nitrogen and oxygen atoms in total. The van der Waals surface area contributed by atoms with E-state index in [0.717, 1.165) is 17.2 Å². The third-order valence-corrected chi connectivity index (χ3v) is 3.86. The van der Waals surface area contributed by atoms with Crippen molar-refractivity contribution in [1.29, 1.82) is 0 Å². The van der Waals surface area contributed by atoms with Gasteiger partial charge in [-0.1, -0.05) is 12.1 Å². The van der Waals surface area contributed by atoms with Gasteiger partial charge in [0.15, 0.2) is 5.69 Å². The summed E-state index contributed by atoms with van der Waals surface area (Å²) >= 11 is 0. The number of hydrogen-bond donors (Lipinski definition) is 2. The number of nitrogens with zero attached hydrogens (tertiary/aromatic N) is 3. The number of benzene rings is 1. The van der Waals surface area contributed by atoms with Gasteiger partial charge in [-0.05, 0) is 36.5 Å². The van der Waals surface area contributed by atoms with E-state index in [1.54, 1.807) is 10.9 Å². The molecule has 2 N–H and O–H groups in total. The van der Waals surface area contributed by atoms with E-state index in [-0.39, 0.29) is 5.69 Å². The fraction of sp³-hybridized carbons (Fsp3) is 0.188. The Bertz CT molecular complexity index is 828. The van der Waals surface area contributed by atoms with Crippen molar-refractivity contribution in [3.8, 4) is 17.1 Å². The molecule has 1 aliphatic rings. The van der Waals surface area contributed by atoms with Crippen LogP contribution in [-0.4, -0.2) is 30.8 Å². The Morgan fingerprint density at radius 1 is 1.27 bits per heavy atom. The Balaban J connectivity index is 1.60. The number of hydrogen-bond acceptors (Lipinski definition) is 3. The lowest BCUT2D eigenvalue weighted by Gasteiger charge is -2.02. The maximum atomic E-state index is 10.9. The van der Waals surface area contributed by atoms with E-state index in [0.29, 0.717) is 5.82 Å². The maximum absolute atomic E-state index is 10.9. The van der Waals surface area contributed by atoms with Crippen LogP contribution < -0.4 is 0 Å². The smallest absolute Gasteiger partial charge is 0.356 e. The van der Waals surface area contributed by atoms with Crippen molar-refractivity contribution in [1.82, 2.24) is 19.7 Å². The summed E-state index contributed by atoms with van der Waals surface area (Å²) in [6.45, 7) is 0. The quantitative estimate of drug-likeness (QED) is 0.775. The highest BCUT2D eigenvalue weighted by atomic mass is 16.4. The largest absolute Gasteiger partial charge is 0.476 e. The molecule has 0 radical (unpaired) electrons. The number of aromatic nitrogens is 4. The molecule has 1 aromatic carbocycles. The Morgan fingerprint density at radius 2 is 2.05 bits per heavy atom. The van der Waals surface area contributed by atoms with E-state index in [1.165, 1.54) is 24.6 Å². The van der Waals surface area contributed by atoms with E-state index in [1.807, 2.05) is 6.20 Å². The number of imidazole rings is 1. The van der Waals surface area contributed by atoms with Crippen LogP contribution in [0.1, 0.15) is 34.8 Å². The second-order valence-corrected chi connectivity index (χ2v) is 5.48. The topological polar surface area (TPSA) is 83.8 Å². The summed E-state index contributed by atoms with van der Waals surface area (Å²) < 4.78 is 1.76. The zero-order valence-electron chi connectivity index (χ0n) is 11.7. The summed E-state index contributed by atoms with van der Waals surface area (Å²) in [4.78, 5) is 17.7. The van der Waals surface area contributed by atoms with Crippen molar-refractivity contribution < 1.29 is 9.90 Å². The van der Waals surface area contributed by atoms with Crippen LogP contribution in [0.25, 0.3) is 17.1 Å². The number of aromatic amines is 1. The Morgan fingerprint density at radius 3 is 2.68 bits per heavy atom. The van der Waals surface area contributed by atoms with E-state index in [4.69, 9.17) is 5.11 Å². The molecule has 3 aromatic rings. The van der Waals surface area contributed by atoms with Gasteiger partial charge in [-0.25, -0.2) is 14.5 Å². The van der Waals surface area contributed by atoms with Crippen molar-refractivity contribution in [3.63, 3.8) is 0 Å². The first-order chi connectivity index (χ1) is 10.7. The minimum absolute atomic E-state index is 0.00321. The van der Waals surface area contributed by atoms with Crippen LogP contribution in [0.4, 0.5) is 0 Å². The minimum atomic E-state index is -1.05. The van der Waals surface area contributed by atoms with Gasteiger partial charge in [0, 0.05) is 12.4 Å². The van der Waals surface area contributed by atoms with E-state index in [9.17, 15) is 4.79 Å². The number of H-pyrrole nitrogens is 1. The molecule has 4 rings (SSSR count). The van der Waals surface area contributed by atoms with Gasteiger partial charge in [0.2, 0.25) is 0 Å². The zero-order valence-corrected chi connectivity index (χ0v) is 11.7. The number of carboxylic acids is 1. The second-order valence-electron chi connectivity index (χ2n) is 5.48. The molecule has 0 aliphatic heterocycles. The highest BCUT2D eigenvalue weighted by Gasteiger charge is 2.23. The summed E-state index contributed by atoms with van der Waals surface area (Å²) in [5.74, 6) is 0.184. The van der Waals surface area contributed by atoms with Crippen LogP contribution in [-0.2, 0) is 0 Å². The molecule has 0 saturated heterocycles. The molecule has 0 atom stereocenters. The Kier molecular flexibility index (Phi) is 2.82. The Labute approximate surface area is 126 Å². The lowest BCUT2D eigenvalue weighted by molar-refractivity contribution is 0.0691.